The number of hydrogen-bond donors (Lipinski definition) is 1. The molecule has 0 aromatic rings. The van der Waals surface area contributed by atoms with E-state index in [1.54, 1.807) is 4.90 Å². The SMILES string of the molecule is CC(CO)N(C)CC1CCN(C(=O)OC(C)(C)C)CC1. The Morgan fingerprint density at radius 1 is 1.40 bits per heavy atom. The van der Waals surface area contributed by atoms with Gasteiger partial charge in [-0.05, 0) is 53.5 Å². The summed E-state index contributed by atoms with van der Waals surface area (Å²) in [6.07, 6.45) is 1.80. The van der Waals surface area contributed by atoms with Crippen LogP contribution in [0.25, 0.3) is 0 Å². The summed E-state index contributed by atoms with van der Waals surface area (Å²) >= 11 is 0. The van der Waals surface area contributed by atoms with E-state index in [9.17, 15) is 4.79 Å². The summed E-state index contributed by atoms with van der Waals surface area (Å²) in [5, 5.41) is 9.15. The van der Waals surface area contributed by atoms with Gasteiger partial charge >= 0.3 is 6.09 Å². The molecule has 1 amide bonds. The van der Waals surface area contributed by atoms with Gasteiger partial charge in [0.2, 0.25) is 0 Å². The second kappa shape index (κ2) is 7.27. The van der Waals surface area contributed by atoms with E-state index in [4.69, 9.17) is 9.84 Å². The number of ether oxygens (including phenoxy) is 1. The molecule has 1 atom stereocenters. The van der Waals surface area contributed by atoms with Crippen molar-refractivity contribution in [3.63, 3.8) is 0 Å². The van der Waals surface area contributed by atoms with Crippen LogP contribution in [0.4, 0.5) is 4.79 Å². The fraction of sp³-hybridized carbons (Fsp3) is 0.933. The molecule has 0 radical (unpaired) electrons. The van der Waals surface area contributed by atoms with Gasteiger partial charge in [-0.3, -0.25) is 0 Å². The van der Waals surface area contributed by atoms with Crippen molar-refractivity contribution in [2.45, 2.75) is 52.2 Å². The van der Waals surface area contributed by atoms with Crippen molar-refractivity contribution in [2.75, 3.05) is 33.3 Å². The zero-order valence-electron chi connectivity index (χ0n) is 13.6. The first-order valence-corrected chi connectivity index (χ1v) is 7.52. The maximum Gasteiger partial charge on any atom is 0.410 e. The Labute approximate surface area is 122 Å². The Morgan fingerprint density at radius 2 is 1.95 bits per heavy atom. The molecule has 0 aliphatic carbocycles. The van der Waals surface area contributed by atoms with E-state index in [0.717, 1.165) is 32.5 Å². The topological polar surface area (TPSA) is 53.0 Å². The van der Waals surface area contributed by atoms with Crippen LogP contribution in [0.3, 0.4) is 0 Å². The minimum absolute atomic E-state index is 0.188. The largest absolute Gasteiger partial charge is 0.444 e. The highest BCUT2D eigenvalue weighted by molar-refractivity contribution is 5.68. The molecule has 1 fully saturated rings. The fourth-order valence-corrected chi connectivity index (χ4v) is 2.35. The van der Waals surface area contributed by atoms with Gasteiger partial charge in [-0.15, -0.1) is 0 Å². The van der Waals surface area contributed by atoms with Crippen molar-refractivity contribution in [3.8, 4) is 0 Å². The van der Waals surface area contributed by atoms with Crippen LogP contribution in [0.15, 0.2) is 0 Å². The molecule has 0 aromatic carbocycles. The van der Waals surface area contributed by atoms with Crippen LogP contribution in [-0.2, 0) is 4.74 Å². The van der Waals surface area contributed by atoms with Crippen LogP contribution >= 0.6 is 0 Å². The lowest BCUT2D eigenvalue weighted by molar-refractivity contribution is 0.0164. The van der Waals surface area contributed by atoms with Gasteiger partial charge in [-0.1, -0.05) is 0 Å². The number of piperidine rings is 1. The molecule has 0 bridgehead atoms. The second-order valence-corrected chi connectivity index (χ2v) is 6.88. The third-order valence-electron chi connectivity index (χ3n) is 3.83. The quantitative estimate of drug-likeness (QED) is 0.858. The molecular weight excluding hydrogens is 256 g/mol. The van der Waals surface area contributed by atoms with Crippen LogP contribution < -0.4 is 0 Å². The summed E-state index contributed by atoms with van der Waals surface area (Å²) in [6.45, 7) is 10.4. The third-order valence-corrected chi connectivity index (χ3v) is 3.83. The van der Waals surface area contributed by atoms with Gasteiger partial charge < -0.3 is 19.6 Å². The molecule has 1 rings (SSSR count). The number of likely N-dealkylation sites (N-methyl/N-ethyl adjacent to an activating group) is 1. The van der Waals surface area contributed by atoms with Crippen molar-refractivity contribution in [2.24, 2.45) is 5.92 Å². The number of aliphatic hydroxyl groups is 1. The number of carbonyl (C=O) groups is 1. The standard InChI is InChI=1S/C15H30N2O3/c1-12(11-18)16(5)10-13-6-8-17(9-7-13)14(19)20-15(2,3)4/h12-13,18H,6-11H2,1-5H3. The van der Waals surface area contributed by atoms with Gasteiger partial charge in [0.05, 0.1) is 6.61 Å². The van der Waals surface area contributed by atoms with Crippen LogP contribution in [0.1, 0.15) is 40.5 Å². The number of hydrogen-bond acceptors (Lipinski definition) is 4. The summed E-state index contributed by atoms with van der Waals surface area (Å²) in [6, 6.07) is 0.193. The van der Waals surface area contributed by atoms with Crippen molar-refractivity contribution in [1.82, 2.24) is 9.80 Å². The molecule has 1 unspecified atom stereocenters. The smallest absolute Gasteiger partial charge is 0.410 e. The van der Waals surface area contributed by atoms with E-state index in [2.05, 4.69) is 4.90 Å². The van der Waals surface area contributed by atoms with E-state index in [1.807, 2.05) is 34.7 Å². The van der Waals surface area contributed by atoms with E-state index in [0.29, 0.717) is 5.92 Å². The van der Waals surface area contributed by atoms with E-state index in [-0.39, 0.29) is 18.7 Å². The van der Waals surface area contributed by atoms with Crippen molar-refractivity contribution < 1.29 is 14.6 Å². The molecule has 1 aliphatic heterocycles. The number of amides is 1. The van der Waals surface area contributed by atoms with Gasteiger partial charge in [0, 0.05) is 25.7 Å². The van der Waals surface area contributed by atoms with Crippen molar-refractivity contribution in [1.29, 1.82) is 0 Å². The molecule has 0 spiro atoms. The lowest BCUT2D eigenvalue weighted by Crippen LogP contribution is -2.44. The zero-order valence-corrected chi connectivity index (χ0v) is 13.6. The molecule has 1 N–H and O–H groups in total. The lowest BCUT2D eigenvalue weighted by atomic mass is 9.96. The fourth-order valence-electron chi connectivity index (χ4n) is 2.35. The maximum atomic E-state index is 12.0. The van der Waals surface area contributed by atoms with Crippen LogP contribution in [0, 0.1) is 5.92 Å². The molecule has 20 heavy (non-hydrogen) atoms. The first-order chi connectivity index (χ1) is 9.23. The minimum atomic E-state index is -0.426. The Hall–Kier alpha value is -0.810. The highest BCUT2D eigenvalue weighted by Crippen LogP contribution is 2.20. The van der Waals surface area contributed by atoms with Crippen LogP contribution in [0.2, 0.25) is 0 Å². The Morgan fingerprint density at radius 3 is 2.40 bits per heavy atom. The third kappa shape index (κ3) is 5.67. The normalized spacial score (nSPS) is 19.2. The highest BCUT2D eigenvalue weighted by atomic mass is 16.6. The molecule has 1 aliphatic rings. The van der Waals surface area contributed by atoms with Gasteiger partial charge in [0.15, 0.2) is 0 Å². The van der Waals surface area contributed by atoms with Gasteiger partial charge in [-0.25, -0.2) is 4.79 Å². The number of rotatable bonds is 4. The molecule has 0 saturated carbocycles. The number of likely N-dealkylation sites (tertiary alicyclic amines) is 1. The molecular formula is C15H30N2O3. The Balaban J connectivity index is 2.35. The van der Waals surface area contributed by atoms with Crippen molar-refractivity contribution >= 4 is 6.09 Å². The van der Waals surface area contributed by atoms with Crippen LogP contribution in [-0.4, -0.2) is 65.9 Å². The lowest BCUT2D eigenvalue weighted by Gasteiger charge is -2.35. The maximum absolute atomic E-state index is 12.0. The summed E-state index contributed by atoms with van der Waals surface area (Å²) in [5.41, 5.74) is -0.426. The monoisotopic (exact) mass is 286 g/mol. The summed E-state index contributed by atoms with van der Waals surface area (Å²) in [4.78, 5) is 15.9. The first-order valence-electron chi connectivity index (χ1n) is 7.52. The molecule has 5 nitrogen and oxygen atoms in total. The molecule has 118 valence electrons. The first kappa shape index (κ1) is 17.2. The highest BCUT2D eigenvalue weighted by Gasteiger charge is 2.27. The summed E-state index contributed by atoms with van der Waals surface area (Å²) in [5.74, 6) is 0.590. The summed E-state index contributed by atoms with van der Waals surface area (Å²) in [7, 11) is 2.04. The predicted octanol–water partition coefficient (Wildman–Crippen LogP) is 1.95. The predicted molar refractivity (Wildman–Crippen MR) is 79.7 cm³/mol. The number of carbonyl (C=O) groups excluding carboxylic acids is 1. The molecule has 1 saturated heterocycles. The number of aliphatic hydroxyl groups excluding tert-OH is 1. The Bertz CT molecular complexity index is 307. The van der Waals surface area contributed by atoms with Crippen LogP contribution in [0.5, 0.6) is 0 Å². The van der Waals surface area contributed by atoms with E-state index in [1.165, 1.54) is 0 Å². The Kier molecular flexibility index (Phi) is 6.27. The minimum Gasteiger partial charge on any atom is -0.444 e. The second-order valence-electron chi connectivity index (χ2n) is 6.88. The number of nitrogens with zero attached hydrogens (tertiary/aromatic N) is 2. The molecule has 1 heterocycles. The van der Waals surface area contributed by atoms with E-state index < -0.39 is 5.60 Å². The van der Waals surface area contributed by atoms with Gasteiger partial charge in [-0.2, -0.15) is 0 Å². The van der Waals surface area contributed by atoms with E-state index >= 15 is 0 Å². The zero-order chi connectivity index (χ0) is 15.3. The average Bonchev–Trinajstić information content (AvgIpc) is 2.36. The van der Waals surface area contributed by atoms with Gasteiger partial charge in [0.1, 0.15) is 5.60 Å². The van der Waals surface area contributed by atoms with Crippen molar-refractivity contribution in [3.05, 3.63) is 0 Å². The summed E-state index contributed by atoms with van der Waals surface area (Å²) < 4.78 is 5.39. The average molecular weight is 286 g/mol. The molecule has 0 aromatic heterocycles. The molecule has 5 heteroatoms. The van der Waals surface area contributed by atoms with Gasteiger partial charge in [0.25, 0.3) is 0 Å².